The first-order valence-electron chi connectivity index (χ1n) is 12.4. The molecule has 1 fully saturated rings. The van der Waals surface area contributed by atoms with E-state index in [0.29, 0.717) is 43.0 Å². The Morgan fingerprint density at radius 3 is 2.42 bits per heavy atom. The van der Waals surface area contributed by atoms with Crippen molar-refractivity contribution < 1.29 is 19.1 Å². The van der Waals surface area contributed by atoms with Crippen LogP contribution >= 0.6 is 0 Å². The lowest BCUT2D eigenvalue weighted by Gasteiger charge is -2.42. The van der Waals surface area contributed by atoms with E-state index in [1.165, 1.54) is 4.90 Å². The lowest BCUT2D eigenvalue weighted by molar-refractivity contribution is -0.139. The number of aryl methyl sites for hydroxylation is 1. The summed E-state index contributed by atoms with van der Waals surface area (Å²) in [4.78, 5) is 44.8. The van der Waals surface area contributed by atoms with E-state index in [1.807, 2.05) is 73.3 Å². The van der Waals surface area contributed by atoms with Gasteiger partial charge < -0.3 is 15.0 Å². The number of amides is 3. The molecule has 8 heteroatoms. The predicted octanol–water partition coefficient (Wildman–Crippen LogP) is 3.35. The van der Waals surface area contributed by atoms with Gasteiger partial charge in [0.2, 0.25) is 0 Å². The van der Waals surface area contributed by atoms with Crippen molar-refractivity contribution in [3.8, 4) is 0 Å². The van der Waals surface area contributed by atoms with Crippen LogP contribution in [-0.2, 0) is 9.53 Å². The number of nitrogens with zero attached hydrogens (tertiary/aromatic N) is 3. The van der Waals surface area contributed by atoms with Gasteiger partial charge in [-0.25, -0.2) is 9.59 Å². The third-order valence-electron chi connectivity index (χ3n) is 6.94. The number of carbonyl (C=O) groups is 3. The zero-order valence-corrected chi connectivity index (χ0v) is 21.4. The van der Waals surface area contributed by atoms with E-state index in [-0.39, 0.29) is 24.6 Å². The maximum absolute atomic E-state index is 13.2. The number of piperazine rings is 1. The molecule has 1 N–H and O–H groups in total. The van der Waals surface area contributed by atoms with Crippen LogP contribution in [0.25, 0.3) is 0 Å². The second-order valence-corrected chi connectivity index (χ2v) is 9.33. The van der Waals surface area contributed by atoms with Gasteiger partial charge in [-0.2, -0.15) is 0 Å². The van der Waals surface area contributed by atoms with Crippen LogP contribution in [0.4, 0.5) is 4.79 Å². The zero-order chi connectivity index (χ0) is 25.8. The van der Waals surface area contributed by atoms with E-state index in [2.05, 4.69) is 10.2 Å². The van der Waals surface area contributed by atoms with Crippen molar-refractivity contribution in [2.24, 2.45) is 0 Å². The van der Waals surface area contributed by atoms with E-state index < -0.39 is 12.0 Å². The summed E-state index contributed by atoms with van der Waals surface area (Å²) in [6.07, 6.45) is 0. The molecule has 1 saturated heterocycles. The van der Waals surface area contributed by atoms with Gasteiger partial charge in [0.15, 0.2) is 0 Å². The number of rotatable bonds is 6. The number of hydrogen-bond acceptors (Lipinski definition) is 5. The number of esters is 1. The number of nitrogens with one attached hydrogen (secondary N) is 1. The minimum atomic E-state index is -0.595. The van der Waals surface area contributed by atoms with Gasteiger partial charge >= 0.3 is 12.0 Å². The van der Waals surface area contributed by atoms with Crippen molar-refractivity contribution in [2.75, 3.05) is 39.8 Å². The fraction of sp³-hybridized carbons (Fsp3) is 0.393. The van der Waals surface area contributed by atoms with Gasteiger partial charge in [-0.3, -0.25) is 14.6 Å². The summed E-state index contributed by atoms with van der Waals surface area (Å²) >= 11 is 0. The SMILES string of the molecule is CCOC(=O)C1=C(CN2CCN(C(=O)c3ccccc3)C(C)C2)N(C)C(=O)NC1c1ccccc1C. The summed E-state index contributed by atoms with van der Waals surface area (Å²) < 4.78 is 5.45. The Labute approximate surface area is 212 Å². The number of hydrogen-bond donors (Lipinski definition) is 1. The normalized spacial score (nSPS) is 20.8. The topological polar surface area (TPSA) is 82.2 Å². The Hall–Kier alpha value is -3.65. The van der Waals surface area contributed by atoms with E-state index in [9.17, 15) is 14.4 Å². The van der Waals surface area contributed by atoms with Crippen LogP contribution in [0, 0.1) is 6.92 Å². The quantitative estimate of drug-likeness (QED) is 0.628. The average molecular weight is 491 g/mol. The summed E-state index contributed by atoms with van der Waals surface area (Å²) in [5.74, 6) is -0.415. The molecule has 2 aliphatic rings. The molecule has 0 radical (unpaired) electrons. The summed E-state index contributed by atoms with van der Waals surface area (Å²) in [6, 6.07) is 16.1. The van der Waals surface area contributed by atoms with Crippen molar-refractivity contribution in [1.82, 2.24) is 20.0 Å². The van der Waals surface area contributed by atoms with Gasteiger partial charge in [0.25, 0.3) is 5.91 Å². The number of ether oxygens (including phenoxy) is 1. The maximum atomic E-state index is 13.2. The molecule has 0 aliphatic carbocycles. The van der Waals surface area contributed by atoms with Gasteiger partial charge in [0, 0.05) is 50.5 Å². The highest BCUT2D eigenvalue weighted by atomic mass is 16.5. The number of carbonyl (C=O) groups excluding carboxylic acids is 3. The van der Waals surface area contributed by atoms with Crippen molar-refractivity contribution in [3.05, 3.63) is 82.6 Å². The van der Waals surface area contributed by atoms with Crippen LogP contribution in [0.15, 0.2) is 65.9 Å². The van der Waals surface area contributed by atoms with E-state index in [1.54, 1.807) is 14.0 Å². The zero-order valence-electron chi connectivity index (χ0n) is 21.4. The molecular formula is C28H34N4O4. The summed E-state index contributed by atoms with van der Waals surface area (Å²) in [5, 5.41) is 2.99. The molecule has 4 rings (SSSR count). The van der Waals surface area contributed by atoms with Crippen molar-refractivity contribution in [3.63, 3.8) is 0 Å². The van der Waals surface area contributed by atoms with Crippen LogP contribution in [0.2, 0.25) is 0 Å². The number of urea groups is 1. The predicted molar refractivity (Wildman–Crippen MR) is 137 cm³/mol. The van der Waals surface area contributed by atoms with Crippen LogP contribution in [0.5, 0.6) is 0 Å². The van der Waals surface area contributed by atoms with Crippen LogP contribution < -0.4 is 5.32 Å². The highest BCUT2D eigenvalue weighted by Crippen LogP contribution is 2.33. The lowest BCUT2D eigenvalue weighted by atomic mass is 9.91. The molecule has 0 saturated carbocycles. The minimum Gasteiger partial charge on any atom is -0.463 e. The summed E-state index contributed by atoms with van der Waals surface area (Å²) in [6.45, 7) is 8.23. The molecular weight excluding hydrogens is 456 g/mol. The maximum Gasteiger partial charge on any atom is 0.338 e. The molecule has 0 aromatic heterocycles. The van der Waals surface area contributed by atoms with Gasteiger partial charge in [-0.05, 0) is 44.0 Å². The molecule has 2 atom stereocenters. The number of likely N-dealkylation sites (N-methyl/N-ethyl adjacent to an activating group) is 1. The fourth-order valence-electron chi connectivity index (χ4n) is 4.98. The molecule has 0 spiro atoms. The molecule has 2 aliphatic heterocycles. The second-order valence-electron chi connectivity index (χ2n) is 9.33. The molecule has 2 unspecified atom stereocenters. The standard InChI is InChI=1S/C28H34N4O4/c1-5-36-27(34)24-23(30(4)28(35)29-25(24)22-14-10-9-11-19(22)2)18-31-15-16-32(20(3)17-31)26(33)21-12-7-6-8-13-21/h6-14,20,25H,5,15-18H2,1-4H3,(H,29,35). The van der Waals surface area contributed by atoms with Gasteiger partial charge in [0.05, 0.1) is 18.2 Å². The molecule has 36 heavy (non-hydrogen) atoms. The highest BCUT2D eigenvalue weighted by Gasteiger charge is 2.38. The first kappa shape index (κ1) is 25.4. The number of benzene rings is 2. The third kappa shape index (κ3) is 5.14. The highest BCUT2D eigenvalue weighted by molar-refractivity contribution is 5.95. The monoisotopic (exact) mass is 490 g/mol. The smallest absolute Gasteiger partial charge is 0.338 e. The van der Waals surface area contributed by atoms with Crippen molar-refractivity contribution >= 4 is 17.9 Å². The third-order valence-corrected chi connectivity index (χ3v) is 6.94. The first-order chi connectivity index (χ1) is 17.3. The summed E-state index contributed by atoms with van der Waals surface area (Å²) in [7, 11) is 1.68. The molecule has 2 aromatic carbocycles. The minimum absolute atomic E-state index is 0.0166. The first-order valence-corrected chi connectivity index (χ1v) is 12.4. The molecule has 190 valence electrons. The van der Waals surface area contributed by atoms with E-state index >= 15 is 0 Å². The molecule has 0 bridgehead atoms. The molecule has 3 amide bonds. The van der Waals surface area contributed by atoms with Gasteiger partial charge in [-0.15, -0.1) is 0 Å². The van der Waals surface area contributed by atoms with Crippen LogP contribution in [0.1, 0.15) is 41.4 Å². The van der Waals surface area contributed by atoms with Gasteiger partial charge in [-0.1, -0.05) is 42.5 Å². The average Bonchev–Trinajstić information content (AvgIpc) is 2.87. The Bertz CT molecular complexity index is 1160. The van der Waals surface area contributed by atoms with Crippen LogP contribution in [0.3, 0.4) is 0 Å². The van der Waals surface area contributed by atoms with Crippen molar-refractivity contribution in [1.29, 1.82) is 0 Å². The Balaban J connectivity index is 1.62. The second kappa shape index (κ2) is 11.0. The van der Waals surface area contributed by atoms with E-state index in [0.717, 1.165) is 11.1 Å². The Kier molecular flexibility index (Phi) is 7.74. The summed E-state index contributed by atoms with van der Waals surface area (Å²) in [5.41, 5.74) is 3.60. The van der Waals surface area contributed by atoms with Crippen molar-refractivity contribution in [2.45, 2.75) is 32.9 Å². The molecule has 8 nitrogen and oxygen atoms in total. The molecule has 2 aromatic rings. The lowest BCUT2D eigenvalue weighted by Crippen LogP contribution is -2.56. The van der Waals surface area contributed by atoms with E-state index in [4.69, 9.17) is 4.74 Å². The Morgan fingerprint density at radius 1 is 1.06 bits per heavy atom. The molecule has 2 heterocycles. The fourth-order valence-corrected chi connectivity index (χ4v) is 4.98. The van der Waals surface area contributed by atoms with Crippen LogP contribution in [-0.4, -0.2) is 78.5 Å². The largest absolute Gasteiger partial charge is 0.463 e. The Morgan fingerprint density at radius 2 is 1.75 bits per heavy atom. The van der Waals surface area contributed by atoms with Gasteiger partial charge in [0.1, 0.15) is 0 Å².